The fourth-order valence-corrected chi connectivity index (χ4v) is 2.06. The highest BCUT2D eigenvalue weighted by atomic mass is 19.4. The molecule has 152 valence electrons. The van der Waals surface area contributed by atoms with E-state index >= 15 is 0 Å². The van der Waals surface area contributed by atoms with Gasteiger partial charge in [0.2, 0.25) is 0 Å². The number of benzene rings is 2. The number of amides is 2. The molecule has 0 saturated carbocycles. The van der Waals surface area contributed by atoms with Crippen LogP contribution in [0.1, 0.15) is 16.7 Å². The van der Waals surface area contributed by atoms with Gasteiger partial charge in [0.25, 0.3) is 0 Å². The van der Waals surface area contributed by atoms with Crippen molar-refractivity contribution in [1.82, 2.24) is 0 Å². The number of anilines is 2. The van der Waals surface area contributed by atoms with Gasteiger partial charge in [-0.25, -0.2) is 4.79 Å². The molecule has 2 N–H and O–H groups in total. The zero-order chi connectivity index (χ0) is 21.3. The fourth-order valence-electron chi connectivity index (χ4n) is 2.06. The van der Waals surface area contributed by atoms with Gasteiger partial charge in [0, 0.05) is 11.4 Å². The maximum Gasteiger partial charge on any atom is 0.416 e. The second-order valence-electron chi connectivity index (χ2n) is 5.45. The lowest BCUT2D eigenvalue weighted by Gasteiger charge is -2.15. The van der Waals surface area contributed by atoms with Crippen molar-refractivity contribution in [2.45, 2.75) is 18.5 Å². The van der Waals surface area contributed by atoms with Gasteiger partial charge in [0.05, 0.1) is 16.7 Å². The van der Waals surface area contributed by atoms with Crippen molar-refractivity contribution in [3.8, 4) is 0 Å². The monoisotopic (exact) mass is 416 g/mol. The first-order valence-corrected chi connectivity index (χ1v) is 7.21. The largest absolute Gasteiger partial charge is 0.416 e. The lowest BCUT2D eigenvalue weighted by molar-refractivity contribution is -0.143. The minimum atomic E-state index is -5.10. The number of hydrogen-bond acceptors (Lipinski definition) is 1. The molecule has 0 unspecified atom stereocenters. The summed E-state index contributed by atoms with van der Waals surface area (Å²) in [6.07, 6.45) is -14.8. The predicted molar refractivity (Wildman–Crippen MR) is 80.5 cm³/mol. The summed E-state index contributed by atoms with van der Waals surface area (Å²) in [5, 5.41) is 3.79. The Morgan fingerprint density at radius 2 is 0.964 bits per heavy atom. The van der Waals surface area contributed by atoms with Gasteiger partial charge in [-0.2, -0.15) is 39.5 Å². The molecule has 0 fully saturated rings. The maximum absolute atomic E-state index is 12.8. The van der Waals surface area contributed by atoms with E-state index in [1.807, 2.05) is 5.32 Å². The van der Waals surface area contributed by atoms with Crippen LogP contribution in [-0.2, 0) is 18.5 Å². The highest BCUT2D eigenvalue weighted by molar-refractivity contribution is 5.99. The van der Waals surface area contributed by atoms with Crippen LogP contribution in [0.3, 0.4) is 0 Å². The van der Waals surface area contributed by atoms with Crippen molar-refractivity contribution in [3.63, 3.8) is 0 Å². The van der Waals surface area contributed by atoms with E-state index in [0.717, 1.165) is 12.1 Å². The molecule has 2 amide bonds. The Hall–Kier alpha value is -2.92. The van der Waals surface area contributed by atoms with Gasteiger partial charge in [-0.3, -0.25) is 0 Å². The Kier molecular flexibility index (Phi) is 5.53. The van der Waals surface area contributed by atoms with Crippen molar-refractivity contribution in [2.24, 2.45) is 0 Å². The molecular formula is C16H9F9N2O. The van der Waals surface area contributed by atoms with Gasteiger partial charge in [0.1, 0.15) is 0 Å². The number of urea groups is 1. The van der Waals surface area contributed by atoms with Gasteiger partial charge in [-0.1, -0.05) is 0 Å². The third-order valence-electron chi connectivity index (χ3n) is 3.32. The summed E-state index contributed by atoms with van der Waals surface area (Å²) < 4.78 is 114. The zero-order valence-electron chi connectivity index (χ0n) is 13.4. The third kappa shape index (κ3) is 5.54. The van der Waals surface area contributed by atoms with Crippen LogP contribution in [0.25, 0.3) is 0 Å². The first-order chi connectivity index (χ1) is 12.7. The average Bonchev–Trinajstić information content (AvgIpc) is 2.52. The molecule has 0 spiro atoms. The minimum Gasteiger partial charge on any atom is -0.308 e. The van der Waals surface area contributed by atoms with E-state index < -0.39 is 46.9 Å². The molecule has 2 rings (SSSR count). The Morgan fingerprint density at radius 3 is 1.36 bits per heavy atom. The SMILES string of the molecule is O=C(Nc1ccc(C(F)(F)F)cc1)Nc1cc(C(F)(F)F)cc(C(F)(F)F)c1. The van der Waals surface area contributed by atoms with E-state index in [4.69, 9.17) is 0 Å². The van der Waals surface area contributed by atoms with E-state index in [-0.39, 0.29) is 11.8 Å². The van der Waals surface area contributed by atoms with Gasteiger partial charge in [-0.15, -0.1) is 0 Å². The summed E-state index contributed by atoms with van der Waals surface area (Å²) in [6, 6.07) is 2.25. The molecule has 12 heteroatoms. The summed E-state index contributed by atoms with van der Waals surface area (Å²) in [5.74, 6) is 0. The molecule has 0 aliphatic heterocycles. The van der Waals surface area contributed by atoms with E-state index in [1.165, 1.54) is 0 Å². The zero-order valence-corrected chi connectivity index (χ0v) is 13.4. The quantitative estimate of drug-likeness (QED) is 0.548. The van der Waals surface area contributed by atoms with Crippen LogP contribution >= 0.6 is 0 Å². The van der Waals surface area contributed by atoms with Crippen LogP contribution in [0.2, 0.25) is 0 Å². The number of nitrogens with one attached hydrogen (secondary N) is 2. The Morgan fingerprint density at radius 1 is 0.571 bits per heavy atom. The van der Waals surface area contributed by atoms with Crippen LogP contribution < -0.4 is 10.6 Å². The van der Waals surface area contributed by atoms with E-state index in [1.54, 1.807) is 5.32 Å². The smallest absolute Gasteiger partial charge is 0.308 e. The number of carbonyl (C=O) groups is 1. The first kappa shape index (κ1) is 21.4. The van der Waals surface area contributed by atoms with Crippen LogP contribution in [0.5, 0.6) is 0 Å². The molecular weight excluding hydrogens is 407 g/mol. The second kappa shape index (κ2) is 7.24. The van der Waals surface area contributed by atoms with Crippen molar-refractivity contribution >= 4 is 17.4 Å². The Balaban J connectivity index is 2.21. The molecule has 0 saturated heterocycles. The lowest BCUT2D eigenvalue weighted by atomic mass is 10.1. The summed E-state index contributed by atoms with van der Waals surface area (Å²) in [6.45, 7) is 0. The molecule has 0 aliphatic rings. The number of halogens is 9. The minimum absolute atomic E-state index is 0.112. The topological polar surface area (TPSA) is 41.1 Å². The number of carbonyl (C=O) groups excluding carboxylic acids is 1. The van der Waals surface area contributed by atoms with Gasteiger partial charge >= 0.3 is 24.6 Å². The molecule has 0 bridgehead atoms. The van der Waals surface area contributed by atoms with E-state index in [2.05, 4.69) is 0 Å². The van der Waals surface area contributed by atoms with Gasteiger partial charge in [-0.05, 0) is 42.5 Å². The van der Waals surface area contributed by atoms with Crippen LogP contribution in [0.15, 0.2) is 42.5 Å². The summed E-state index contributed by atoms with van der Waals surface area (Å²) in [5.41, 5.74) is -5.23. The highest BCUT2D eigenvalue weighted by Crippen LogP contribution is 2.37. The normalized spacial score (nSPS) is 12.6. The second-order valence-corrected chi connectivity index (χ2v) is 5.45. The summed E-state index contributed by atoms with van der Waals surface area (Å²) >= 11 is 0. The van der Waals surface area contributed by atoms with Crippen molar-refractivity contribution < 1.29 is 44.3 Å². The maximum atomic E-state index is 12.8. The van der Waals surface area contributed by atoms with E-state index in [0.29, 0.717) is 24.3 Å². The van der Waals surface area contributed by atoms with Crippen molar-refractivity contribution in [2.75, 3.05) is 10.6 Å². The van der Waals surface area contributed by atoms with Crippen LogP contribution in [0.4, 0.5) is 55.7 Å². The molecule has 0 aliphatic carbocycles. The summed E-state index contributed by atoms with van der Waals surface area (Å²) in [7, 11) is 0. The molecule has 0 atom stereocenters. The predicted octanol–water partition coefficient (Wildman–Crippen LogP) is 6.39. The number of rotatable bonds is 2. The molecule has 0 heterocycles. The third-order valence-corrected chi connectivity index (χ3v) is 3.32. The molecule has 2 aromatic carbocycles. The van der Waals surface area contributed by atoms with Crippen LogP contribution in [-0.4, -0.2) is 6.03 Å². The lowest BCUT2D eigenvalue weighted by Crippen LogP contribution is -2.21. The highest BCUT2D eigenvalue weighted by Gasteiger charge is 2.37. The number of hydrogen-bond donors (Lipinski definition) is 2. The number of alkyl halides is 9. The molecule has 0 aromatic heterocycles. The molecule has 0 radical (unpaired) electrons. The fraction of sp³-hybridized carbons (Fsp3) is 0.188. The Labute approximate surface area is 151 Å². The van der Waals surface area contributed by atoms with Gasteiger partial charge in [0.15, 0.2) is 0 Å². The molecule has 2 aromatic rings. The molecule has 3 nitrogen and oxygen atoms in total. The molecule has 28 heavy (non-hydrogen) atoms. The van der Waals surface area contributed by atoms with E-state index in [9.17, 15) is 44.3 Å². The van der Waals surface area contributed by atoms with Crippen molar-refractivity contribution in [1.29, 1.82) is 0 Å². The Bertz CT molecular complexity index is 820. The summed E-state index contributed by atoms with van der Waals surface area (Å²) in [4.78, 5) is 11.8. The average molecular weight is 416 g/mol. The van der Waals surface area contributed by atoms with Crippen LogP contribution in [0, 0.1) is 0 Å². The van der Waals surface area contributed by atoms with Gasteiger partial charge < -0.3 is 10.6 Å². The van der Waals surface area contributed by atoms with Crippen molar-refractivity contribution in [3.05, 3.63) is 59.2 Å². The first-order valence-electron chi connectivity index (χ1n) is 7.21. The standard InChI is InChI=1S/C16H9F9N2O/c17-14(18,19)8-1-3-11(4-2-8)26-13(28)27-12-6-9(15(20,21)22)5-10(7-12)16(23,24)25/h1-7H,(H2,26,27,28).